The molecule has 23 heavy (non-hydrogen) atoms. The van der Waals surface area contributed by atoms with Gasteiger partial charge in [0.2, 0.25) is 0 Å². The van der Waals surface area contributed by atoms with Gasteiger partial charge in [0.15, 0.2) is 0 Å². The summed E-state index contributed by atoms with van der Waals surface area (Å²) in [6.07, 6.45) is 1.47. The van der Waals surface area contributed by atoms with Gasteiger partial charge in [-0.1, -0.05) is 28.1 Å². The van der Waals surface area contributed by atoms with Gasteiger partial charge in [-0.3, -0.25) is 4.79 Å². The minimum absolute atomic E-state index is 0.279. The SMILES string of the molecule is Cc1cc(N)n(/N=C\c2ccc(-c3ccc(Br)cc3)o2)c(=O)c1. The maximum Gasteiger partial charge on any atom is 0.273 e. The molecule has 6 heteroatoms. The average molecular weight is 372 g/mol. The molecular formula is C17H14BrN3O2. The Balaban J connectivity index is 1.87. The molecule has 0 aliphatic heterocycles. The second kappa shape index (κ2) is 6.26. The fourth-order valence-electron chi connectivity index (χ4n) is 2.15. The molecule has 3 aromatic rings. The first-order valence-electron chi connectivity index (χ1n) is 6.92. The average Bonchev–Trinajstić information content (AvgIpc) is 2.96. The number of rotatable bonds is 3. The van der Waals surface area contributed by atoms with Gasteiger partial charge in [-0.2, -0.15) is 9.78 Å². The third kappa shape index (κ3) is 3.43. The van der Waals surface area contributed by atoms with E-state index < -0.39 is 0 Å². The number of aromatic nitrogens is 1. The largest absolute Gasteiger partial charge is 0.455 e. The van der Waals surface area contributed by atoms with Crippen molar-refractivity contribution in [3.8, 4) is 11.3 Å². The van der Waals surface area contributed by atoms with Gasteiger partial charge < -0.3 is 10.2 Å². The van der Waals surface area contributed by atoms with E-state index in [-0.39, 0.29) is 11.4 Å². The standard InChI is InChI=1S/C17H14BrN3O2/c1-11-8-16(19)21(17(22)9-11)20-10-14-6-7-15(23-14)12-2-4-13(18)5-3-12/h2-10H,19H2,1H3/b20-10-. The number of pyridine rings is 1. The van der Waals surface area contributed by atoms with Gasteiger partial charge in [0.1, 0.15) is 17.3 Å². The number of furan rings is 1. The maximum absolute atomic E-state index is 11.9. The van der Waals surface area contributed by atoms with Crippen LogP contribution >= 0.6 is 15.9 Å². The van der Waals surface area contributed by atoms with Crippen molar-refractivity contribution in [1.29, 1.82) is 0 Å². The summed E-state index contributed by atoms with van der Waals surface area (Å²) in [4.78, 5) is 11.9. The molecule has 0 saturated carbocycles. The van der Waals surface area contributed by atoms with Gasteiger partial charge in [-0.15, -0.1) is 0 Å². The second-order valence-corrected chi connectivity index (χ2v) is 5.98. The van der Waals surface area contributed by atoms with Gasteiger partial charge in [-0.05, 0) is 42.8 Å². The molecule has 0 aliphatic carbocycles. The number of hydrogen-bond acceptors (Lipinski definition) is 4. The Hall–Kier alpha value is -2.60. The Morgan fingerprint density at radius 3 is 2.61 bits per heavy atom. The Kier molecular flexibility index (Phi) is 4.16. The van der Waals surface area contributed by atoms with E-state index in [2.05, 4.69) is 21.0 Å². The molecule has 1 aromatic carbocycles. The van der Waals surface area contributed by atoms with Crippen molar-refractivity contribution < 1.29 is 4.42 Å². The molecule has 3 rings (SSSR count). The molecule has 116 valence electrons. The lowest BCUT2D eigenvalue weighted by atomic mass is 10.2. The molecule has 0 aliphatic rings. The zero-order valence-corrected chi connectivity index (χ0v) is 13.9. The number of aryl methyl sites for hydroxylation is 1. The molecule has 2 N–H and O–H groups in total. The minimum Gasteiger partial charge on any atom is -0.455 e. The van der Waals surface area contributed by atoms with Crippen molar-refractivity contribution >= 4 is 28.0 Å². The third-order valence-corrected chi connectivity index (χ3v) is 3.76. The van der Waals surface area contributed by atoms with Gasteiger partial charge in [0, 0.05) is 16.1 Å². The molecule has 0 amide bonds. The fraction of sp³-hybridized carbons (Fsp3) is 0.0588. The Labute approximate surface area is 141 Å². The Morgan fingerprint density at radius 2 is 1.91 bits per heavy atom. The first kappa shape index (κ1) is 15.3. The van der Waals surface area contributed by atoms with Gasteiger partial charge in [0.05, 0.1) is 6.21 Å². The molecular weight excluding hydrogens is 358 g/mol. The zero-order chi connectivity index (χ0) is 16.4. The summed E-state index contributed by atoms with van der Waals surface area (Å²) in [6.45, 7) is 1.81. The summed E-state index contributed by atoms with van der Waals surface area (Å²) in [7, 11) is 0. The lowest BCUT2D eigenvalue weighted by Crippen LogP contribution is -2.19. The summed E-state index contributed by atoms with van der Waals surface area (Å²) >= 11 is 3.40. The van der Waals surface area contributed by atoms with Crippen LogP contribution in [0.2, 0.25) is 0 Å². The first-order chi connectivity index (χ1) is 11.0. The molecule has 0 saturated heterocycles. The van der Waals surface area contributed by atoms with Crippen LogP contribution < -0.4 is 11.3 Å². The molecule has 2 heterocycles. The van der Waals surface area contributed by atoms with Gasteiger partial charge in [0.25, 0.3) is 5.56 Å². The quantitative estimate of drug-likeness (QED) is 0.714. The summed E-state index contributed by atoms with van der Waals surface area (Å²) < 4.78 is 7.85. The van der Waals surface area contributed by atoms with E-state index >= 15 is 0 Å². The first-order valence-corrected chi connectivity index (χ1v) is 7.71. The molecule has 0 bridgehead atoms. The second-order valence-electron chi connectivity index (χ2n) is 5.06. The zero-order valence-electron chi connectivity index (χ0n) is 12.4. The van der Waals surface area contributed by atoms with E-state index in [1.807, 2.05) is 37.3 Å². The number of nitrogens with zero attached hydrogens (tertiary/aromatic N) is 2. The molecule has 0 unspecified atom stereocenters. The highest BCUT2D eigenvalue weighted by Gasteiger charge is 2.04. The number of anilines is 1. The van der Waals surface area contributed by atoms with Crippen LogP contribution in [0.15, 0.2) is 67.3 Å². The lowest BCUT2D eigenvalue weighted by molar-refractivity contribution is 0.574. The fourth-order valence-corrected chi connectivity index (χ4v) is 2.41. The molecule has 0 spiro atoms. The molecule has 0 fully saturated rings. The number of benzene rings is 1. The summed E-state index contributed by atoms with van der Waals surface area (Å²) in [5.74, 6) is 1.55. The van der Waals surface area contributed by atoms with E-state index in [1.54, 1.807) is 12.1 Å². The van der Waals surface area contributed by atoms with E-state index in [0.29, 0.717) is 5.76 Å². The maximum atomic E-state index is 11.9. The molecule has 0 atom stereocenters. The van der Waals surface area contributed by atoms with Crippen molar-refractivity contribution in [3.05, 3.63) is 74.7 Å². The number of halogens is 1. The van der Waals surface area contributed by atoms with Crippen molar-refractivity contribution in [2.45, 2.75) is 6.92 Å². The Morgan fingerprint density at radius 1 is 1.17 bits per heavy atom. The van der Waals surface area contributed by atoms with Gasteiger partial charge >= 0.3 is 0 Å². The monoisotopic (exact) mass is 371 g/mol. The van der Waals surface area contributed by atoms with Crippen molar-refractivity contribution in [2.24, 2.45) is 5.10 Å². The lowest BCUT2D eigenvalue weighted by Gasteiger charge is -2.02. The molecule has 0 radical (unpaired) electrons. The normalized spacial score (nSPS) is 11.2. The summed E-state index contributed by atoms with van der Waals surface area (Å²) in [5.41, 5.74) is 7.29. The van der Waals surface area contributed by atoms with Crippen LogP contribution in [-0.4, -0.2) is 10.9 Å². The highest BCUT2D eigenvalue weighted by Crippen LogP contribution is 2.23. The van der Waals surface area contributed by atoms with Crippen LogP contribution in [0.5, 0.6) is 0 Å². The van der Waals surface area contributed by atoms with Crippen LogP contribution in [0.1, 0.15) is 11.3 Å². The topological polar surface area (TPSA) is 73.5 Å². The van der Waals surface area contributed by atoms with E-state index in [4.69, 9.17) is 10.2 Å². The summed E-state index contributed by atoms with van der Waals surface area (Å²) in [6, 6.07) is 14.6. The van der Waals surface area contributed by atoms with Crippen LogP contribution in [0, 0.1) is 6.92 Å². The number of hydrogen-bond donors (Lipinski definition) is 1. The highest BCUT2D eigenvalue weighted by molar-refractivity contribution is 9.10. The van der Waals surface area contributed by atoms with E-state index in [9.17, 15) is 4.79 Å². The van der Waals surface area contributed by atoms with Crippen molar-refractivity contribution in [3.63, 3.8) is 0 Å². The minimum atomic E-state index is -0.279. The summed E-state index contributed by atoms with van der Waals surface area (Å²) in [5, 5.41) is 4.09. The van der Waals surface area contributed by atoms with Crippen LogP contribution in [0.3, 0.4) is 0 Å². The van der Waals surface area contributed by atoms with Crippen LogP contribution in [0.4, 0.5) is 5.82 Å². The third-order valence-electron chi connectivity index (χ3n) is 3.24. The predicted molar refractivity (Wildman–Crippen MR) is 94.7 cm³/mol. The van der Waals surface area contributed by atoms with Crippen molar-refractivity contribution in [1.82, 2.24) is 4.68 Å². The number of nitrogens with two attached hydrogens (primary N) is 1. The number of nitrogen functional groups attached to an aromatic ring is 1. The van der Waals surface area contributed by atoms with E-state index in [0.717, 1.165) is 26.0 Å². The molecule has 5 nitrogen and oxygen atoms in total. The molecule has 2 aromatic heterocycles. The predicted octanol–water partition coefficient (Wildman–Crippen LogP) is 3.64. The Bertz CT molecular complexity index is 924. The van der Waals surface area contributed by atoms with Crippen molar-refractivity contribution in [2.75, 3.05) is 5.73 Å². The highest BCUT2D eigenvalue weighted by atomic mass is 79.9. The smallest absolute Gasteiger partial charge is 0.273 e. The van der Waals surface area contributed by atoms with Gasteiger partial charge in [-0.25, -0.2) is 0 Å². The van der Waals surface area contributed by atoms with Crippen LogP contribution in [0.25, 0.3) is 11.3 Å². The van der Waals surface area contributed by atoms with E-state index in [1.165, 1.54) is 12.3 Å². The van der Waals surface area contributed by atoms with Crippen LogP contribution in [-0.2, 0) is 0 Å².